The van der Waals surface area contributed by atoms with Gasteiger partial charge in [0.25, 0.3) is 5.56 Å². The van der Waals surface area contributed by atoms with Crippen LogP contribution in [-0.2, 0) is 0 Å². The molecule has 124 valence electrons. The standard InChI is InChI=1S/C17H16ClFN4O/c1-2-13(20)16-21-14-5-3-4-12(18)15(14)17(24)23(16)22-11-8-6-10(19)7-9-11/h3-9,13,22H,2,20H2,1H3/t13-/m0/s1. The average Bonchev–Trinajstić information content (AvgIpc) is 2.58. The minimum atomic E-state index is -0.436. The van der Waals surface area contributed by atoms with Crippen LogP contribution in [0.5, 0.6) is 0 Å². The predicted molar refractivity (Wildman–Crippen MR) is 93.7 cm³/mol. The Bertz CT molecular complexity index is 940. The summed E-state index contributed by atoms with van der Waals surface area (Å²) >= 11 is 6.16. The second-order valence-corrected chi connectivity index (χ2v) is 5.79. The fourth-order valence-corrected chi connectivity index (χ4v) is 2.65. The van der Waals surface area contributed by atoms with Gasteiger partial charge in [-0.3, -0.25) is 10.2 Å². The number of rotatable bonds is 4. The van der Waals surface area contributed by atoms with Crippen molar-refractivity contribution in [3.8, 4) is 0 Å². The first-order valence-electron chi connectivity index (χ1n) is 7.50. The van der Waals surface area contributed by atoms with Crippen LogP contribution in [0.2, 0.25) is 5.02 Å². The molecule has 0 spiro atoms. The van der Waals surface area contributed by atoms with Crippen LogP contribution in [0.3, 0.4) is 0 Å². The molecular weight excluding hydrogens is 331 g/mol. The Hall–Kier alpha value is -2.44. The maximum atomic E-state index is 13.1. The summed E-state index contributed by atoms with van der Waals surface area (Å²) in [6.07, 6.45) is 0.601. The minimum Gasteiger partial charge on any atom is -0.321 e. The lowest BCUT2D eigenvalue weighted by atomic mass is 10.2. The van der Waals surface area contributed by atoms with Crippen LogP contribution in [0.25, 0.3) is 10.9 Å². The van der Waals surface area contributed by atoms with Crippen molar-refractivity contribution in [1.82, 2.24) is 9.66 Å². The van der Waals surface area contributed by atoms with Crippen LogP contribution in [0, 0.1) is 5.82 Å². The highest BCUT2D eigenvalue weighted by Gasteiger charge is 2.17. The number of halogens is 2. The van der Waals surface area contributed by atoms with E-state index in [0.29, 0.717) is 33.9 Å². The van der Waals surface area contributed by atoms with Crippen LogP contribution < -0.4 is 16.7 Å². The third-order valence-corrected chi connectivity index (χ3v) is 4.04. The molecule has 0 aliphatic heterocycles. The van der Waals surface area contributed by atoms with E-state index >= 15 is 0 Å². The third-order valence-electron chi connectivity index (χ3n) is 3.73. The molecule has 2 aromatic carbocycles. The van der Waals surface area contributed by atoms with Gasteiger partial charge in [-0.1, -0.05) is 24.6 Å². The van der Waals surface area contributed by atoms with E-state index in [2.05, 4.69) is 10.4 Å². The normalized spacial score (nSPS) is 12.3. The van der Waals surface area contributed by atoms with Crippen molar-refractivity contribution in [3.05, 3.63) is 69.5 Å². The van der Waals surface area contributed by atoms with Gasteiger partial charge in [0.2, 0.25) is 0 Å². The highest BCUT2D eigenvalue weighted by atomic mass is 35.5. The Morgan fingerprint density at radius 3 is 2.67 bits per heavy atom. The number of hydrogen-bond donors (Lipinski definition) is 2. The van der Waals surface area contributed by atoms with Crippen molar-refractivity contribution in [3.63, 3.8) is 0 Å². The molecule has 1 aromatic heterocycles. The molecule has 0 aliphatic rings. The molecule has 0 bridgehead atoms. The van der Waals surface area contributed by atoms with E-state index in [-0.39, 0.29) is 11.4 Å². The van der Waals surface area contributed by atoms with Crippen molar-refractivity contribution in [2.24, 2.45) is 5.73 Å². The number of anilines is 1. The number of nitrogens with two attached hydrogens (primary N) is 1. The largest absolute Gasteiger partial charge is 0.321 e. The third kappa shape index (κ3) is 2.98. The lowest BCUT2D eigenvalue weighted by Crippen LogP contribution is -2.34. The molecule has 0 amide bonds. The summed E-state index contributed by atoms with van der Waals surface area (Å²) in [5.74, 6) is 0.0275. The van der Waals surface area contributed by atoms with E-state index in [1.54, 1.807) is 18.2 Å². The molecule has 7 heteroatoms. The summed E-state index contributed by atoms with van der Waals surface area (Å²) < 4.78 is 14.4. The van der Waals surface area contributed by atoms with E-state index in [4.69, 9.17) is 17.3 Å². The first-order chi connectivity index (χ1) is 11.5. The Labute approximate surface area is 142 Å². The van der Waals surface area contributed by atoms with Gasteiger partial charge in [0.05, 0.1) is 27.7 Å². The van der Waals surface area contributed by atoms with E-state index in [1.165, 1.54) is 28.9 Å². The highest BCUT2D eigenvalue weighted by Crippen LogP contribution is 2.21. The number of fused-ring (bicyclic) bond motifs is 1. The first kappa shape index (κ1) is 16.4. The molecule has 3 N–H and O–H groups in total. The van der Waals surface area contributed by atoms with E-state index in [1.807, 2.05) is 6.92 Å². The summed E-state index contributed by atoms with van der Waals surface area (Å²) in [7, 11) is 0. The number of benzene rings is 2. The quantitative estimate of drug-likeness (QED) is 0.758. The molecule has 0 unspecified atom stereocenters. The zero-order valence-corrected chi connectivity index (χ0v) is 13.7. The van der Waals surface area contributed by atoms with Crippen LogP contribution in [-0.4, -0.2) is 9.66 Å². The molecule has 0 aliphatic carbocycles. The van der Waals surface area contributed by atoms with E-state index in [0.717, 1.165) is 0 Å². The lowest BCUT2D eigenvalue weighted by Gasteiger charge is -2.19. The zero-order valence-electron chi connectivity index (χ0n) is 13.0. The molecule has 3 aromatic rings. The fraction of sp³-hybridized carbons (Fsp3) is 0.176. The summed E-state index contributed by atoms with van der Waals surface area (Å²) in [4.78, 5) is 17.4. The van der Waals surface area contributed by atoms with Crippen LogP contribution >= 0.6 is 11.6 Å². The smallest absolute Gasteiger partial charge is 0.281 e. The summed E-state index contributed by atoms with van der Waals surface area (Å²) in [6.45, 7) is 1.90. The molecule has 1 heterocycles. The first-order valence-corrected chi connectivity index (χ1v) is 7.88. The van der Waals surface area contributed by atoms with Gasteiger partial charge in [0, 0.05) is 0 Å². The van der Waals surface area contributed by atoms with Crippen LogP contribution in [0.4, 0.5) is 10.1 Å². The van der Waals surface area contributed by atoms with Crippen molar-refractivity contribution in [2.45, 2.75) is 19.4 Å². The Kier molecular flexibility index (Phi) is 4.51. The maximum absolute atomic E-state index is 13.1. The Morgan fingerprint density at radius 2 is 2.00 bits per heavy atom. The molecule has 24 heavy (non-hydrogen) atoms. The van der Waals surface area contributed by atoms with Gasteiger partial charge in [-0.15, -0.1) is 0 Å². The molecular formula is C17H16ClFN4O. The van der Waals surface area contributed by atoms with Gasteiger partial charge in [-0.25, -0.2) is 14.1 Å². The monoisotopic (exact) mass is 346 g/mol. The van der Waals surface area contributed by atoms with Gasteiger partial charge < -0.3 is 5.73 Å². The second-order valence-electron chi connectivity index (χ2n) is 5.38. The van der Waals surface area contributed by atoms with Gasteiger partial charge in [0.1, 0.15) is 11.6 Å². The SMILES string of the molecule is CC[C@H](N)c1nc2cccc(Cl)c2c(=O)n1Nc1ccc(F)cc1. The number of nitrogens with zero attached hydrogens (tertiary/aromatic N) is 2. The topological polar surface area (TPSA) is 72.9 Å². The van der Waals surface area contributed by atoms with Gasteiger partial charge in [-0.05, 0) is 42.8 Å². The Balaban J connectivity index is 2.23. The summed E-state index contributed by atoms with van der Waals surface area (Å²) in [5, 5.41) is 0.622. The molecule has 0 fully saturated rings. The maximum Gasteiger partial charge on any atom is 0.281 e. The summed E-state index contributed by atoms with van der Waals surface area (Å²) in [5.41, 5.74) is 9.73. The van der Waals surface area contributed by atoms with Gasteiger partial charge in [0.15, 0.2) is 0 Å². The molecule has 0 saturated carbocycles. The van der Waals surface area contributed by atoms with Gasteiger partial charge in [-0.2, -0.15) is 0 Å². The zero-order chi connectivity index (χ0) is 17.3. The van der Waals surface area contributed by atoms with Crippen LogP contribution in [0.1, 0.15) is 25.2 Å². The van der Waals surface area contributed by atoms with Gasteiger partial charge >= 0.3 is 0 Å². The molecule has 1 atom stereocenters. The Morgan fingerprint density at radius 1 is 1.29 bits per heavy atom. The molecule has 3 rings (SSSR count). The van der Waals surface area contributed by atoms with E-state index in [9.17, 15) is 9.18 Å². The van der Waals surface area contributed by atoms with Crippen molar-refractivity contribution in [1.29, 1.82) is 0 Å². The van der Waals surface area contributed by atoms with Crippen molar-refractivity contribution in [2.75, 3.05) is 5.43 Å². The van der Waals surface area contributed by atoms with Crippen LogP contribution in [0.15, 0.2) is 47.3 Å². The number of hydrogen-bond acceptors (Lipinski definition) is 4. The average molecular weight is 347 g/mol. The predicted octanol–water partition coefficient (Wildman–Crippen LogP) is 3.47. The fourth-order valence-electron chi connectivity index (χ4n) is 2.40. The van der Waals surface area contributed by atoms with E-state index < -0.39 is 6.04 Å². The number of aromatic nitrogens is 2. The minimum absolute atomic E-state index is 0.306. The molecule has 0 radical (unpaired) electrons. The molecule has 5 nitrogen and oxygen atoms in total. The highest BCUT2D eigenvalue weighted by molar-refractivity contribution is 6.35. The lowest BCUT2D eigenvalue weighted by molar-refractivity contribution is 0.607. The van der Waals surface area contributed by atoms with Crippen molar-refractivity contribution >= 4 is 28.2 Å². The van der Waals surface area contributed by atoms with Crippen molar-refractivity contribution < 1.29 is 4.39 Å². The number of nitrogens with one attached hydrogen (secondary N) is 1. The second kappa shape index (κ2) is 6.59. The summed E-state index contributed by atoms with van der Waals surface area (Å²) in [6, 6.07) is 10.3. The molecule has 0 saturated heterocycles.